The van der Waals surface area contributed by atoms with E-state index in [-0.39, 0.29) is 0 Å². The highest BCUT2D eigenvalue weighted by atomic mass is 14.5. The standard InChI is InChI=1S/C21H15N/c1-12-8-14-10-15(22)11-19-17-7-3-5-13-4-2-6-16(20(13)17)18(9-12)21(14)19/h2-11H,22H2,1H3. The average molecular weight is 281 g/mol. The summed E-state index contributed by atoms with van der Waals surface area (Å²) in [6.45, 7) is 2.15. The molecule has 0 aliphatic heterocycles. The summed E-state index contributed by atoms with van der Waals surface area (Å²) in [4.78, 5) is 0. The molecule has 0 saturated heterocycles. The van der Waals surface area contributed by atoms with Crippen LogP contribution in [0, 0.1) is 6.92 Å². The zero-order valence-corrected chi connectivity index (χ0v) is 12.4. The van der Waals surface area contributed by atoms with Crippen molar-refractivity contribution in [3.8, 4) is 0 Å². The molecule has 0 saturated carbocycles. The van der Waals surface area contributed by atoms with Crippen molar-refractivity contribution in [2.45, 2.75) is 6.92 Å². The summed E-state index contributed by atoms with van der Waals surface area (Å²) in [6, 6.07) is 21.8. The maximum absolute atomic E-state index is 6.17. The fourth-order valence-electron chi connectivity index (χ4n) is 3.90. The molecular formula is C21H15N. The van der Waals surface area contributed by atoms with Gasteiger partial charge < -0.3 is 5.73 Å². The van der Waals surface area contributed by atoms with Crippen LogP contribution >= 0.6 is 0 Å². The van der Waals surface area contributed by atoms with Gasteiger partial charge in [0.1, 0.15) is 0 Å². The van der Waals surface area contributed by atoms with Crippen LogP contribution in [0.2, 0.25) is 0 Å². The third-order valence-corrected chi connectivity index (χ3v) is 4.70. The number of rotatable bonds is 0. The summed E-state index contributed by atoms with van der Waals surface area (Å²) >= 11 is 0. The second-order valence-corrected chi connectivity index (χ2v) is 6.19. The summed E-state index contributed by atoms with van der Waals surface area (Å²) < 4.78 is 0. The van der Waals surface area contributed by atoms with Gasteiger partial charge in [0.05, 0.1) is 0 Å². The van der Waals surface area contributed by atoms with Crippen molar-refractivity contribution in [2.24, 2.45) is 0 Å². The molecule has 0 bridgehead atoms. The third kappa shape index (κ3) is 1.38. The van der Waals surface area contributed by atoms with Gasteiger partial charge in [-0.05, 0) is 67.7 Å². The van der Waals surface area contributed by atoms with Crippen LogP contribution in [0.3, 0.4) is 0 Å². The monoisotopic (exact) mass is 281 g/mol. The predicted octanol–water partition coefficient (Wildman–Crippen LogP) is 5.63. The van der Waals surface area contributed by atoms with Gasteiger partial charge in [-0.1, -0.05) is 48.5 Å². The number of anilines is 1. The van der Waals surface area contributed by atoms with E-state index in [1.54, 1.807) is 0 Å². The molecule has 0 amide bonds. The van der Waals surface area contributed by atoms with E-state index < -0.39 is 0 Å². The number of nitrogens with two attached hydrogens (primary N) is 1. The molecule has 5 aromatic rings. The van der Waals surface area contributed by atoms with Gasteiger partial charge in [-0.15, -0.1) is 0 Å². The smallest absolute Gasteiger partial charge is 0.0326 e. The Labute approximate surface area is 128 Å². The van der Waals surface area contributed by atoms with Gasteiger partial charge in [0.2, 0.25) is 0 Å². The number of nitrogen functional groups attached to an aromatic ring is 1. The van der Waals surface area contributed by atoms with Crippen LogP contribution in [0.15, 0.2) is 60.7 Å². The largest absolute Gasteiger partial charge is 0.399 e. The van der Waals surface area contributed by atoms with Crippen molar-refractivity contribution < 1.29 is 0 Å². The molecule has 0 unspecified atom stereocenters. The highest BCUT2D eigenvalue weighted by molar-refractivity contribution is 6.33. The van der Waals surface area contributed by atoms with E-state index in [0.29, 0.717) is 0 Å². The molecule has 0 spiro atoms. The van der Waals surface area contributed by atoms with E-state index in [1.807, 2.05) is 0 Å². The van der Waals surface area contributed by atoms with Gasteiger partial charge in [0, 0.05) is 5.69 Å². The quantitative estimate of drug-likeness (QED) is 0.222. The SMILES string of the molecule is Cc1cc2cc(N)cc3c4cccc5cccc(c(c1)c23)c54. The van der Waals surface area contributed by atoms with Crippen molar-refractivity contribution in [1.29, 1.82) is 0 Å². The van der Waals surface area contributed by atoms with Crippen molar-refractivity contribution in [1.82, 2.24) is 0 Å². The Balaban J connectivity index is 2.28. The van der Waals surface area contributed by atoms with E-state index in [4.69, 9.17) is 5.73 Å². The lowest BCUT2D eigenvalue weighted by Gasteiger charge is -2.15. The summed E-state index contributed by atoms with van der Waals surface area (Å²) in [7, 11) is 0. The first-order valence-electron chi connectivity index (χ1n) is 7.59. The molecule has 104 valence electrons. The first-order valence-corrected chi connectivity index (χ1v) is 7.59. The molecule has 0 aliphatic carbocycles. The van der Waals surface area contributed by atoms with Gasteiger partial charge in [-0.3, -0.25) is 0 Å². The molecular weight excluding hydrogens is 266 g/mol. The minimum atomic E-state index is 0.829. The second-order valence-electron chi connectivity index (χ2n) is 6.19. The summed E-state index contributed by atoms with van der Waals surface area (Å²) in [5.74, 6) is 0. The fourth-order valence-corrected chi connectivity index (χ4v) is 3.90. The number of hydrogen-bond acceptors (Lipinski definition) is 1. The van der Waals surface area contributed by atoms with Crippen LogP contribution < -0.4 is 5.73 Å². The number of aryl methyl sites for hydroxylation is 1. The lowest BCUT2D eigenvalue weighted by Crippen LogP contribution is -1.91. The van der Waals surface area contributed by atoms with Crippen molar-refractivity contribution in [3.05, 3.63) is 66.2 Å². The minimum Gasteiger partial charge on any atom is -0.399 e. The molecule has 0 aliphatic rings. The molecule has 5 aromatic carbocycles. The summed E-state index contributed by atoms with van der Waals surface area (Å²) in [5, 5.41) is 10.4. The van der Waals surface area contributed by atoms with Crippen LogP contribution in [0.1, 0.15) is 5.56 Å². The van der Waals surface area contributed by atoms with E-state index in [0.717, 1.165) is 5.69 Å². The van der Waals surface area contributed by atoms with Crippen LogP contribution in [0.25, 0.3) is 43.1 Å². The van der Waals surface area contributed by atoms with Crippen LogP contribution in [0.5, 0.6) is 0 Å². The van der Waals surface area contributed by atoms with Crippen molar-refractivity contribution in [2.75, 3.05) is 5.73 Å². The molecule has 2 N–H and O–H groups in total. The molecule has 0 radical (unpaired) electrons. The highest BCUT2D eigenvalue weighted by Gasteiger charge is 2.13. The maximum Gasteiger partial charge on any atom is 0.0326 e. The molecule has 1 nitrogen and oxygen atoms in total. The Bertz CT molecular complexity index is 1100. The summed E-state index contributed by atoms with van der Waals surface area (Å²) in [6.07, 6.45) is 0. The Hall–Kier alpha value is -2.80. The number of fused-ring (bicyclic) bond motifs is 2. The van der Waals surface area contributed by atoms with Crippen LogP contribution in [-0.2, 0) is 0 Å². The average Bonchev–Trinajstić information content (AvgIpc) is 2.51. The lowest BCUT2D eigenvalue weighted by molar-refractivity contribution is 1.53. The fraction of sp³-hybridized carbons (Fsp3) is 0.0476. The van der Waals surface area contributed by atoms with E-state index >= 15 is 0 Å². The lowest BCUT2D eigenvalue weighted by atomic mass is 9.89. The molecule has 22 heavy (non-hydrogen) atoms. The topological polar surface area (TPSA) is 26.0 Å². The maximum atomic E-state index is 6.17. The normalized spacial score (nSPS) is 12.0. The summed E-state index contributed by atoms with van der Waals surface area (Å²) in [5.41, 5.74) is 8.27. The van der Waals surface area contributed by atoms with Gasteiger partial charge in [-0.25, -0.2) is 0 Å². The molecule has 0 atom stereocenters. The second kappa shape index (κ2) is 3.89. The minimum absolute atomic E-state index is 0.829. The Morgan fingerprint density at radius 1 is 0.636 bits per heavy atom. The van der Waals surface area contributed by atoms with Crippen LogP contribution in [0.4, 0.5) is 5.69 Å². The first-order chi connectivity index (χ1) is 10.7. The zero-order chi connectivity index (χ0) is 14.8. The first kappa shape index (κ1) is 11.8. The molecule has 5 rings (SSSR count). The highest BCUT2D eigenvalue weighted by Crippen LogP contribution is 2.41. The number of hydrogen-bond donors (Lipinski definition) is 1. The van der Waals surface area contributed by atoms with Gasteiger partial charge in [0.25, 0.3) is 0 Å². The van der Waals surface area contributed by atoms with E-state index in [1.165, 1.54) is 48.7 Å². The Morgan fingerprint density at radius 2 is 1.27 bits per heavy atom. The van der Waals surface area contributed by atoms with Gasteiger partial charge >= 0.3 is 0 Å². The van der Waals surface area contributed by atoms with Crippen LogP contribution in [-0.4, -0.2) is 0 Å². The van der Waals surface area contributed by atoms with Gasteiger partial charge in [0.15, 0.2) is 0 Å². The Kier molecular flexibility index (Phi) is 2.09. The van der Waals surface area contributed by atoms with E-state index in [9.17, 15) is 0 Å². The molecule has 0 fully saturated rings. The Morgan fingerprint density at radius 3 is 2.00 bits per heavy atom. The third-order valence-electron chi connectivity index (χ3n) is 4.70. The van der Waals surface area contributed by atoms with E-state index in [2.05, 4.69) is 67.6 Å². The zero-order valence-electron chi connectivity index (χ0n) is 12.4. The molecule has 0 heterocycles. The number of benzene rings is 5. The van der Waals surface area contributed by atoms with Crippen molar-refractivity contribution in [3.63, 3.8) is 0 Å². The predicted molar refractivity (Wildman–Crippen MR) is 96.8 cm³/mol. The van der Waals surface area contributed by atoms with Gasteiger partial charge in [-0.2, -0.15) is 0 Å². The van der Waals surface area contributed by atoms with Crippen molar-refractivity contribution >= 4 is 48.8 Å². The molecule has 0 aromatic heterocycles. The molecule has 1 heteroatoms.